The molecule has 0 aromatic heterocycles. The van der Waals surface area contributed by atoms with Crippen molar-refractivity contribution in [2.75, 3.05) is 26.7 Å². The van der Waals surface area contributed by atoms with E-state index in [2.05, 4.69) is 10.6 Å². The minimum absolute atomic E-state index is 0.128. The van der Waals surface area contributed by atoms with Crippen LogP contribution in [0.1, 0.15) is 17.2 Å². The number of benzene rings is 2. The maximum atomic E-state index is 13.2. The van der Waals surface area contributed by atoms with Crippen LogP contribution >= 0.6 is 34.8 Å². The molecule has 2 heterocycles. The Hall–Kier alpha value is -2.74. The summed E-state index contributed by atoms with van der Waals surface area (Å²) in [4.78, 5) is 41.1. The van der Waals surface area contributed by atoms with Crippen molar-refractivity contribution in [1.82, 2.24) is 20.4 Å². The Bertz CT molecular complexity index is 1170. The van der Waals surface area contributed by atoms with Crippen LogP contribution in [0.5, 0.6) is 0 Å². The Morgan fingerprint density at radius 1 is 1.12 bits per heavy atom. The fourth-order valence-electron chi connectivity index (χ4n) is 3.98. The highest BCUT2D eigenvalue weighted by atomic mass is 35.5. The van der Waals surface area contributed by atoms with Gasteiger partial charge in [0.05, 0.1) is 23.9 Å². The van der Waals surface area contributed by atoms with Gasteiger partial charge in [-0.2, -0.15) is 0 Å². The molecule has 0 bridgehead atoms. The third kappa shape index (κ3) is 4.81. The van der Waals surface area contributed by atoms with Crippen molar-refractivity contribution in [3.8, 4) is 0 Å². The zero-order chi connectivity index (χ0) is 23.7. The molecule has 0 spiro atoms. The van der Waals surface area contributed by atoms with Gasteiger partial charge in [-0.05, 0) is 35.7 Å². The SMILES string of the molecule is CN1C(=O)N[C@@H](c2ccccc2Cl)C2=C1CN(CC(=O)NCCc1ccc(Cl)cc1Cl)C2=O. The summed E-state index contributed by atoms with van der Waals surface area (Å²) < 4.78 is 0. The van der Waals surface area contributed by atoms with E-state index in [1.807, 2.05) is 6.07 Å². The molecule has 0 fully saturated rings. The predicted molar refractivity (Wildman–Crippen MR) is 127 cm³/mol. The zero-order valence-electron chi connectivity index (χ0n) is 17.7. The van der Waals surface area contributed by atoms with Crippen molar-refractivity contribution in [3.05, 3.63) is 79.9 Å². The summed E-state index contributed by atoms with van der Waals surface area (Å²) in [5, 5.41) is 7.18. The normalized spacial score (nSPS) is 17.9. The van der Waals surface area contributed by atoms with Crippen molar-refractivity contribution in [3.63, 3.8) is 0 Å². The fourth-order valence-corrected chi connectivity index (χ4v) is 4.73. The van der Waals surface area contributed by atoms with Crippen LogP contribution in [0.2, 0.25) is 15.1 Å². The van der Waals surface area contributed by atoms with Crippen LogP contribution in [-0.4, -0.2) is 54.3 Å². The van der Waals surface area contributed by atoms with Crippen molar-refractivity contribution < 1.29 is 14.4 Å². The molecule has 0 saturated carbocycles. The average Bonchev–Trinajstić information content (AvgIpc) is 3.09. The van der Waals surface area contributed by atoms with Crippen molar-refractivity contribution in [1.29, 1.82) is 0 Å². The third-order valence-electron chi connectivity index (χ3n) is 5.72. The number of halogens is 3. The molecule has 0 radical (unpaired) electrons. The lowest BCUT2D eigenvalue weighted by Crippen LogP contribution is -2.45. The number of urea groups is 1. The van der Waals surface area contributed by atoms with E-state index >= 15 is 0 Å². The van der Waals surface area contributed by atoms with E-state index in [-0.39, 0.29) is 30.9 Å². The number of hydrogen-bond acceptors (Lipinski definition) is 3. The standard InChI is InChI=1S/C23H21Cl3N4O3/c1-29-18-11-30(12-19(31)27-9-8-13-6-7-14(24)10-17(13)26)22(32)20(18)21(28-23(29)33)15-4-2-3-5-16(15)25/h2-7,10,21H,8-9,11-12H2,1H3,(H,27,31)(H,28,33)/t21-/m0/s1. The van der Waals surface area contributed by atoms with Crippen LogP contribution in [0, 0.1) is 0 Å². The molecule has 4 rings (SSSR count). The number of amides is 4. The lowest BCUT2D eigenvalue weighted by molar-refractivity contribution is -0.131. The molecule has 2 aromatic rings. The largest absolute Gasteiger partial charge is 0.354 e. The minimum atomic E-state index is -0.676. The van der Waals surface area contributed by atoms with E-state index in [0.29, 0.717) is 44.9 Å². The molecule has 2 aliphatic rings. The first-order chi connectivity index (χ1) is 15.8. The second kappa shape index (κ2) is 9.63. The van der Waals surface area contributed by atoms with Gasteiger partial charge in [-0.1, -0.05) is 59.1 Å². The summed E-state index contributed by atoms with van der Waals surface area (Å²) in [6.07, 6.45) is 0.528. The Kier molecular flexibility index (Phi) is 6.83. The van der Waals surface area contributed by atoms with Crippen LogP contribution in [-0.2, 0) is 16.0 Å². The Balaban J connectivity index is 1.43. The smallest absolute Gasteiger partial charge is 0.322 e. The van der Waals surface area contributed by atoms with Crippen LogP contribution in [0.4, 0.5) is 4.79 Å². The predicted octanol–water partition coefficient (Wildman–Crippen LogP) is 3.80. The first kappa shape index (κ1) is 23.4. The Morgan fingerprint density at radius 2 is 1.88 bits per heavy atom. The van der Waals surface area contributed by atoms with E-state index in [9.17, 15) is 14.4 Å². The topological polar surface area (TPSA) is 81.8 Å². The Labute approximate surface area is 206 Å². The molecule has 7 nitrogen and oxygen atoms in total. The molecular formula is C23H21Cl3N4O3. The monoisotopic (exact) mass is 506 g/mol. The highest BCUT2D eigenvalue weighted by Crippen LogP contribution is 2.37. The number of nitrogens with one attached hydrogen (secondary N) is 2. The molecule has 4 amide bonds. The zero-order valence-corrected chi connectivity index (χ0v) is 20.0. The molecule has 1 atom stereocenters. The Morgan fingerprint density at radius 3 is 2.61 bits per heavy atom. The fraction of sp³-hybridized carbons (Fsp3) is 0.261. The molecule has 0 aliphatic carbocycles. The summed E-state index contributed by atoms with van der Waals surface area (Å²) in [7, 11) is 1.60. The first-order valence-electron chi connectivity index (χ1n) is 10.3. The molecule has 2 N–H and O–H groups in total. The maximum absolute atomic E-state index is 13.2. The number of nitrogens with zero attached hydrogens (tertiary/aromatic N) is 2. The lowest BCUT2D eigenvalue weighted by atomic mass is 9.96. The highest BCUT2D eigenvalue weighted by molar-refractivity contribution is 6.35. The van der Waals surface area contributed by atoms with E-state index < -0.39 is 6.04 Å². The van der Waals surface area contributed by atoms with E-state index in [1.54, 1.807) is 43.4 Å². The number of hydrogen-bond donors (Lipinski definition) is 2. The van der Waals surface area contributed by atoms with Crippen molar-refractivity contribution in [2.24, 2.45) is 0 Å². The molecule has 10 heteroatoms. The van der Waals surface area contributed by atoms with Crippen molar-refractivity contribution >= 4 is 52.6 Å². The third-order valence-corrected chi connectivity index (χ3v) is 6.65. The summed E-state index contributed by atoms with van der Waals surface area (Å²) in [6.45, 7) is 0.393. The van der Waals surface area contributed by atoms with Gasteiger partial charge in [-0.3, -0.25) is 14.5 Å². The first-order valence-corrected chi connectivity index (χ1v) is 11.4. The van der Waals surface area contributed by atoms with Crippen molar-refractivity contribution in [2.45, 2.75) is 12.5 Å². The van der Waals surface area contributed by atoms with Gasteiger partial charge in [0.1, 0.15) is 6.54 Å². The molecule has 0 unspecified atom stereocenters. The number of rotatable bonds is 6. The lowest BCUT2D eigenvalue weighted by Gasteiger charge is -2.31. The minimum Gasteiger partial charge on any atom is -0.354 e. The molecule has 172 valence electrons. The summed E-state index contributed by atoms with van der Waals surface area (Å²) in [5.41, 5.74) is 2.48. The highest BCUT2D eigenvalue weighted by Gasteiger charge is 2.43. The van der Waals surface area contributed by atoms with Gasteiger partial charge < -0.3 is 15.5 Å². The van der Waals surface area contributed by atoms with Gasteiger partial charge >= 0.3 is 6.03 Å². The molecular weight excluding hydrogens is 487 g/mol. The molecule has 2 aromatic carbocycles. The molecule has 0 saturated heterocycles. The van der Waals surface area contributed by atoms with Crippen LogP contribution in [0.3, 0.4) is 0 Å². The van der Waals surface area contributed by atoms with Crippen LogP contribution in [0.15, 0.2) is 53.7 Å². The summed E-state index contributed by atoms with van der Waals surface area (Å²) in [5.74, 6) is -0.609. The van der Waals surface area contributed by atoms with Gasteiger partial charge in [0.25, 0.3) is 5.91 Å². The van der Waals surface area contributed by atoms with E-state index in [0.717, 1.165) is 5.56 Å². The second-order valence-corrected chi connectivity index (χ2v) is 9.07. The van der Waals surface area contributed by atoms with Gasteiger partial charge in [0.2, 0.25) is 5.91 Å². The van der Waals surface area contributed by atoms with Gasteiger partial charge in [-0.25, -0.2) is 4.79 Å². The summed E-state index contributed by atoms with van der Waals surface area (Å²) >= 11 is 18.4. The summed E-state index contributed by atoms with van der Waals surface area (Å²) in [6, 6.07) is 11.3. The van der Waals surface area contributed by atoms with Crippen LogP contribution in [0.25, 0.3) is 0 Å². The van der Waals surface area contributed by atoms with E-state index in [4.69, 9.17) is 34.8 Å². The van der Waals surface area contributed by atoms with Gasteiger partial charge in [0.15, 0.2) is 0 Å². The number of likely N-dealkylation sites (N-methyl/N-ethyl adjacent to an activating group) is 1. The van der Waals surface area contributed by atoms with Crippen LogP contribution < -0.4 is 10.6 Å². The maximum Gasteiger partial charge on any atom is 0.322 e. The number of carbonyl (C=O) groups is 3. The molecule has 33 heavy (non-hydrogen) atoms. The number of carbonyl (C=O) groups excluding carboxylic acids is 3. The van der Waals surface area contributed by atoms with Gasteiger partial charge in [-0.15, -0.1) is 0 Å². The van der Waals surface area contributed by atoms with E-state index in [1.165, 1.54) is 9.80 Å². The second-order valence-electron chi connectivity index (χ2n) is 7.82. The molecule has 2 aliphatic heterocycles. The average molecular weight is 508 g/mol. The van der Waals surface area contributed by atoms with Gasteiger partial charge in [0, 0.05) is 28.7 Å². The quantitative estimate of drug-likeness (QED) is 0.624.